The molecular weight excluding hydrogens is 394 g/mol. The van der Waals surface area contributed by atoms with Gasteiger partial charge in [-0.2, -0.15) is 0 Å². The van der Waals surface area contributed by atoms with E-state index in [-0.39, 0.29) is 11.7 Å². The lowest BCUT2D eigenvalue weighted by Crippen LogP contribution is -2.30. The molecular formula is C21H21NO4S2. The van der Waals surface area contributed by atoms with Crippen LogP contribution >= 0.6 is 11.3 Å². The molecule has 3 rings (SSSR count). The Morgan fingerprint density at radius 1 is 1.07 bits per heavy atom. The first-order chi connectivity index (χ1) is 13.4. The first kappa shape index (κ1) is 20.1. The second kappa shape index (κ2) is 8.58. The minimum absolute atomic E-state index is 0.0957. The molecule has 7 heteroatoms. The average molecular weight is 416 g/mol. The van der Waals surface area contributed by atoms with Crippen molar-refractivity contribution in [3.63, 3.8) is 0 Å². The molecule has 0 saturated carbocycles. The van der Waals surface area contributed by atoms with Crippen LogP contribution in [0.25, 0.3) is 0 Å². The molecule has 1 amide bonds. The number of amides is 1. The Kier molecular flexibility index (Phi) is 6.16. The summed E-state index contributed by atoms with van der Waals surface area (Å²) in [6, 6.07) is 18.0. The monoisotopic (exact) mass is 415 g/mol. The van der Waals surface area contributed by atoms with E-state index in [9.17, 15) is 13.2 Å². The summed E-state index contributed by atoms with van der Waals surface area (Å²) in [5.74, 6) is 0.429. The lowest BCUT2D eigenvalue weighted by atomic mass is 10.1. The Balaban J connectivity index is 1.94. The Morgan fingerprint density at radius 3 is 2.43 bits per heavy atom. The molecule has 0 N–H and O–H groups in total. The van der Waals surface area contributed by atoms with Gasteiger partial charge in [-0.1, -0.05) is 18.2 Å². The van der Waals surface area contributed by atoms with Crippen LogP contribution in [0.1, 0.15) is 20.8 Å². The smallest absolute Gasteiger partial charge is 0.258 e. The zero-order valence-corrected chi connectivity index (χ0v) is 17.3. The largest absolute Gasteiger partial charge is 0.497 e. The molecule has 0 saturated heterocycles. The number of hydrogen-bond donors (Lipinski definition) is 0. The number of hydrogen-bond acceptors (Lipinski definition) is 5. The number of benzene rings is 2. The zero-order chi connectivity index (χ0) is 20.1. The molecule has 28 heavy (non-hydrogen) atoms. The summed E-state index contributed by atoms with van der Waals surface area (Å²) in [4.78, 5) is 16.0. The molecule has 1 aromatic heterocycles. The highest BCUT2D eigenvalue weighted by Crippen LogP contribution is 2.25. The number of thiophene rings is 1. The molecule has 0 spiro atoms. The minimum atomic E-state index is -3.18. The first-order valence-electron chi connectivity index (χ1n) is 8.61. The third-order valence-electron chi connectivity index (χ3n) is 4.13. The van der Waals surface area contributed by atoms with E-state index in [1.165, 1.54) is 6.26 Å². The lowest BCUT2D eigenvalue weighted by Gasteiger charge is -2.23. The van der Waals surface area contributed by atoms with Crippen LogP contribution in [-0.2, 0) is 22.1 Å². The number of sulfone groups is 1. The van der Waals surface area contributed by atoms with Gasteiger partial charge in [-0.05, 0) is 53.4 Å². The standard InChI is InChI=1S/C21H21NO4S2/c1-26-19-10-8-18(9-11-19)22(14-20-7-4-12-27-20)21(23)17-6-3-5-16(13-17)15-28(2,24)25/h3-13H,14-15H2,1-2H3. The molecule has 0 aliphatic heterocycles. The maximum Gasteiger partial charge on any atom is 0.258 e. The molecule has 0 aliphatic carbocycles. The number of nitrogens with zero attached hydrogens (tertiary/aromatic N) is 1. The van der Waals surface area contributed by atoms with Crippen molar-refractivity contribution in [2.24, 2.45) is 0 Å². The summed E-state index contributed by atoms with van der Waals surface area (Å²) in [7, 11) is -1.58. The van der Waals surface area contributed by atoms with Gasteiger partial charge in [-0.25, -0.2) is 8.42 Å². The van der Waals surface area contributed by atoms with Gasteiger partial charge in [0.1, 0.15) is 5.75 Å². The maximum absolute atomic E-state index is 13.3. The Hall–Kier alpha value is -2.64. The summed E-state index contributed by atoms with van der Waals surface area (Å²) < 4.78 is 28.4. The van der Waals surface area contributed by atoms with E-state index in [1.807, 2.05) is 41.8 Å². The molecule has 0 unspecified atom stereocenters. The lowest BCUT2D eigenvalue weighted by molar-refractivity contribution is 0.0985. The van der Waals surface area contributed by atoms with Crippen molar-refractivity contribution >= 4 is 32.8 Å². The topological polar surface area (TPSA) is 63.7 Å². The van der Waals surface area contributed by atoms with Gasteiger partial charge in [0, 0.05) is 22.4 Å². The predicted molar refractivity (Wildman–Crippen MR) is 113 cm³/mol. The highest BCUT2D eigenvalue weighted by atomic mass is 32.2. The number of carbonyl (C=O) groups is 1. The molecule has 1 heterocycles. The van der Waals surface area contributed by atoms with Crippen molar-refractivity contribution in [2.75, 3.05) is 18.3 Å². The van der Waals surface area contributed by atoms with Gasteiger partial charge in [-0.3, -0.25) is 4.79 Å². The SMILES string of the molecule is COc1ccc(N(Cc2cccs2)C(=O)c2cccc(CS(C)(=O)=O)c2)cc1. The molecule has 0 radical (unpaired) electrons. The summed E-state index contributed by atoms with van der Waals surface area (Å²) in [6.45, 7) is 0.430. The van der Waals surface area contributed by atoms with Crippen LogP contribution in [0.4, 0.5) is 5.69 Å². The van der Waals surface area contributed by atoms with Crippen LogP contribution in [0.15, 0.2) is 66.0 Å². The van der Waals surface area contributed by atoms with Crippen molar-refractivity contribution in [2.45, 2.75) is 12.3 Å². The van der Waals surface area contributed by atoms with Crippen LogP contribution in [0.3, 0.4) is 0 Å². The van der Waals surface area contributed by atoms with Gasteiger partial charge in [0.25, 0.3) is 5.91 Å². The van der Waals surface area contributed by atoms with Crippen LogP contribution in [0, 0.1) is 0 Å². The third-order valence-corrected chi connectivity index (χ3v) is 5.84. The van der Waals surface area contributed by atoms with E-state index in [0.717, 1.165) is 10.6 Å². The van der Waals surface area contributed by atoms with Gasteiger partial charge in [0.2, 0.25) is 0 Å². The Labute approximate surface area is 169 Å². The van der Waals surface area contributed by atoms with Crippen LogP contribution in [-0.4, -0.2) is 27.7 Å². The Morgan fingerprint density at radius 2 is 1.82 bits per heavy atom. The molecule has 146 valence electrons. The fraction of sp³-hybridized carbons (Fsp3) is 0.190. The molecule has 2 aromatic carbocycles. The van der Waals surface area contributed by atoms with Gasteiger partial charge >= 0.3 is 0 Å². The highest BCUT2D eigenvalue weighted by molar-refractivity contribution is 7.89. The van der Waals surface area contributed by atoms with E-state index in [4.69, 9.17) is 4.74 Å². The quantitative estimate of drug-likeness (QED) is 0.582. The van der Waals surface area contributed by atoms with Gasteiger partial charge in [0.05, 0.1) is 19.4 Å². The van der Waals surface area contributed by atoms with Crippen LogP contribution in [0.5, 0.6) is 5.75 Å². The van der Waals surface area contributed by atoms with E-state index >= 15 is 0 Å². The molecule has 5 nitrogen and oxygen atoms in total. The molecule has 3 aromatic rings. The number of methoxy groups -OCH3 is 1. The second-order valence-corrected chi connectivity index (χ2v) is 9.61. The van der Waals surface area contributed by atoms with Crippen molar-refractivity contribution in [3.8, 4) is 5.75 Å². The maximum atomic E-state index is 13.3. The van der Waals surface area contributed by atoms with E-state index in [2.05, 4.69) is 0 Å². The molecule has 0 bridgehead atoms. The fourth-order valence-electron chi connectivity index (χ4n) is 2.85. The minimum Gasteiger partial charge on any atom is -0.497 e. The van der Waals surface area contributed by atoms with Crippen molar-refractivity contribution in [3.05, 3.63) is 82.0 Å². The fourth-order valence-corrected chi connectivity index (χ4v) is 4.33. The van der Waals surface area contributed by atoms with E-state index in [0.29, 0.717) is 23.4 Å². The zero-order valence-electron chi connectivity index (χ0n) is 15.7. The summed E-state index contributed by atoms with van der Waals surface area (Å²) in [5.41, 5.74) is 1.79. The molecule has 0 aliphatic rings. The van der Waals surface area contributed by atoms with Gasteiger partial charge in [0.15, 0.2) is 9.84 Å². The summed E-state index contributed by atoms with van der Waals surface area (Å²) >= 11 is 1.58. The van der Waals surface area contributed by atoms with Crippen LogP contribution in [0.2, 0.25) is 0 Å². The predicted octanol–water partition coefficient (Wildman–Crippen LogP) is 4.15. The first-order valence-corrected chi connectivity index (χ1v) is 11.5. The number of anilines is 1. The normalized spacial score (nSPS) is 11.2. The number of ether oxygens (including phenoxy) is 1. The number of rotatable bonds is 7. The van der Waals surface area contributed by atoms with Gasteiger partial charge < -0.3 is 9.64 Å². The van der Waals surface area contributed by atoms with Gasteiger partial charge in [-0.15, -0.1) is 11.3 Å². The number of carbonyl (C=O) groups excluding carboxylic acids is 1. The van der Waals surface area contributed by atoms with Crippen molar-refractivity contribution in [1.82, 2.24) is 0 Å². The Bertz CT molecular complexity index is 1040. The summed E-state index contributed by atoms with van der Waals surface area (Å²) in [6.07, 6.45) is 1.18. The second-order valence-electron chi connectivity index (χ2n) is 6.44. The van der Waals surface area contributed by atoms with Crippen molar-refractivity contribution in [1.29, 1.82) is 0 Å². The molecule has 0 atom stereocenters. The van der Waals surface area contributed by atoms with E-state index in [1.54, 1.807) is 47.6 Å². The third kappa shape index (κ3) is 5.21. The molecule has 0 fully saturated rings. The van der Waals surface area contributed by atoms with Crippen molar-refractivity contribution < 1.29 is 17.9 Å². The highest BCUT2D eigenvalue weighted by Gasteiger charge is 2.19. The average Bonchev–Trinajstić information content (AvgIpc) is 3.18. The van der Waals surface area contributed by atoms with Crippen LogP contribution < -0.4 is 9.64 Å². The summed E-state index contributed by atoms with van der Waals surface area (Å²) in [5, 5.41) is 1.97. The van der Waals surface area contributed by atoms with E-state index < -0.39 is 9.84 Å².